The molecule has 5 rings (SSSR count). The van der Waals surface area contributed by atoms with Crippen molar-refractivity contribution in [1.82, 2.24) is 35.8 Å². The van der Waals surface area contributed by atoms with Crippen LogP contribution in [-0.4, -0.2) is 56.7 Å². The first-order valence-corrected chi connectivity index (χ1v) is 15.5. The second kappa shape index (κ2) is 13.9. The molecule has 3 atom stereocenters. The zero-order chi connectivity index (χ0) is 31.2. The number of benzene rings is 1. The number of fused-ring (bicyclic) bond motifs is 4. The van der Waals surface area contributed by atoms with Crippen molar-refractivity contribution in [3.63, 3.8) is 0 Å². The van der Waals surface area contributed by atoms with E-state index in [9.17, 15) is 14.4 Å². The molecule has 1 aromatic carbocycles. The van der Waals surface area contributed by atoms with E-state index in [1.165, 1.54) is 11.3 Å². The van der Waals surface area contributed by atoms with Crippen LogP contribution >= 0.6 is 11.3 Å². The Kier molecular flexibility index (Phi) is 9.81. The predicted molar refractivity (Wildman–Crippen MR) is 166 cm³/mol. The second-order valence-corrected chi connectivity index (χ2v) is 12.3. The van der Waals surface area contributed by atoms with Crippen LogP contribution in [0.4, 0.5) is 0 Å². The minimum atomic E-state index is -0.555. The summed E-state index contributed by atoms with van der Waals surface area (Å²) in [4.78, 5) is 55.6. The van der Waals surface area contributed by atoms with Crippen molar-refractivity contribution in [3.05, 3.63) is 99.4 Å². The maximum atomic E-state index is 13.6. The van der Waals surface area contributed by atoms with Gasteiger partial charge in [0.25, 0.3) is 11.8 Å². The Morgan fingerprint density at radius 1 is 1.00 bits per heavy atom. The van der Waals surface area contributed by atoms with Gasteiger partial charge in [0.1, 0.15) is 22.5 Å². The van der Waals surface area contributed by atoms with Crippen LogP contribution in [0.15, 0.2) is 64.7 Å². The molecule has 0 fully saturated rings. The molecule has 0 saturated carbocycles. The van der Waals surface area contributed by atoms with Gasteiger partial charge in [0.15, 0.2) is 5.69 Å². The smallest absolute Gasteiger partial charge is 0.274 e. The highest BCUT2D eigenvalue weighted by Crippen LogP contribution is 2.25. The number of aromatic nitrogens is 3. The SMILES string of the molecule is Cc1oc2nc1C(=O)N[C@H](C)c1nc(cs1)C(=O)N[C@H](Cc1ccccc1)CN(Cc1cccnc1)CC(=O)N[C@H]2C(C)C. The molecule has 0 aliphatic carbocycles. The summed E-state index contributed by atoms with van der Waals surface area (Å²) in [6.07, 6.45) is 4.02. The monoisotopic (exact) mass is 615 g/mol. The van der Waals surface area contributed by atoms with Crippen LogP contribution in [0, 0.1) is 12.8 Å². The molecule has 0 spiro atoms. The number of hydrogen-bond donors (Lipinski definition) is 3. The minimum absolute atomic E-state index is 0.0463. The molecule has 1 aliphatic heterocycles. The largest absolute Gasteiger partial charge is 0.443 e. The van der Waals surface area contributed by atoms with Crippen LogP contribution in [0.2, 0.25) is 0 Å². The summed E-state index contributed by atoms with van der Waals surface area (Å²) in [6, 6.07) is 12.4. The standard InChI is InChI=1S/C32H37N7O4S/c1-19(2)27-31-38-28(21(4)43-31)30(42)34-20(3)32-36-25(18-44-32)29(41)35-24(13-22-9-6-5-7-10-22)16-39(17-26(40)37-27)15-23-11-8-12-33-14-23/h5-12,14,18-20,24,27H,13,15-17H2,1-4H3,(H,34,42)(H,35,41)(H,37,40)/t20-,24-,27+/m1/s1. The maximum Gasteiger partial charge on any atom is 0.274 e. The summed E-state index contributed by atoms with van der Waals surface area (Å²) in [5.41, 5.74) is 2.39. The number of hydrogen-bond acceptors (Lipinski definition) is 9. The van der Waals surface area contributed by atoms with Crippen molar-refractivity contribution in [2.75, 3.05) is 13.1 Å². The van der Waals surface area contributed by atoms with E-state index >= 15 is 0 Å². The first-order chi connectivity index (χ1) is 21.2. The van der Waals surface area contributed by atoms with E-state index in [1.54, 1.807) is 31.6 Å². The van der Waals surface area contributed by atoms with Crippen LogP contribution in [0.1, 0.15) is 81.6 Å². The molecule has 11 nitrogen and oxygen atoms in total. The molecular weight excluding hydrogens is 578 g/mol. The molecule has 230 valence electrons. The second-order valence-electron chi connectivity index (χ2n) is 11.4. The van der Waals surface area contributed by atoms with Gasteiger partial charge in [0.2, 0.25) is 11.8 Å². The van der Waals surface area contributed by atoms with Crippen LogP contribution in [0.25, 0.3) is 0 Å². The Morgan fingerprint density at radius 2 is 1.77 bits per heavy atom. The molecule has 0 saturated heterocycles. The van der Waals surface area contributed by atoms with Gasteiger partial charge in [-0.3, -0.25) is 24.3 Å². The molecule has 1 aliphatic rings. The highest BCUT2D eigenvalue weighted by molar-refractivity contribution is 7.09. The van der Waals surface area contributed by atoms with E-state index in [2.05, 4.69) is 30.9 Å². The summed E-state index contributed by atoms with van der Waals surface area (Å²) >= 11 is 1.30. The Hall–Kier alpha value is -4.42. The Labute approximate surface area is 260 Å². The number of aryl methyl sites for hydroxylation is 1. The molecular formula is C32H37N7O4S. The molecule has 4 bridgehead atoms. The molecule has 3 N–H and O–H groups in total. The Morgan fingerprint density at radius 3 is 2.50 bits per heavy atom. The van der Waals surface area contributed by atoms with E-state index < -0.39 is 18.0 Å². The fourth-order valence-corrected chi connectivity index (χ4v) is 5.99. The van der Waals surface area contributed by atoms with Gasteiger partial charge in [-0.2, -0.15) is 0 Å². The lowest BCUT2D eigenvalue weighted by Gasteiger charge is -2.29. The zero-order valence-electron chi connectivity index (χ0n) is 25.2. The molecule has 0 radical (unpaired) electrons. The molecule has 4 heterocycles. The highest BCUT2D eigenvalue weighted by Gasteiger charge is 2.29. The minimum Gasteiger partial charge on any atom is -0.443 e. The van der Waals surface area contributed by atoms with Crippen molar-refractivity contribution in [3.8, 4) is 0 Å². The van der Waals surface area contributed by atoms with Crippen molar-refractivity contribution >= 4 is 29.1 Å². The Bertz CT molecular complexity index is 1590. The Balaban J connectivity index is 1.51. The van der Waals surface area contributed by atoms with E-state index in [1.807, 2.05) is 61.2 Å². The third kappa shape index (κ3) is 7.74. The summed E-state index contributed by atoms with van der Waals surface area (Å²) < 4.78 is 5.93. The van der Waals surface area contributed by atoms with E-state index in [-0.39, 0.29) is 47.6 Å². The lowest BCUT2D eigenvalue weighted by Crippen LogP contribution is -2.48. The van der Waals surface area contributed by atoms with Crippen molar-refractivity contribution in [2.45, 2.75) is 58.8 Å². The molecule has 3 amide bonds. The molecule has 44 heavy (non-hydrogen) atoms. The summed E-state index contributed by atoms with van der Waals surface area (Å²) in [5.74, 6) is -0.429. The number of carbonyl (C=O) groups is 3. The van der Waals surface area contributed by atoms with Gasteiger partial charge in [0.05, 0.1) is 12.6 Å². The van der Waals surface area contributed by atoms with Gasteiger partial charge in [-0.15, -0.1) is 11.3 Å². The van der Waals surface area contributed by atoms with Gasteiger partial charge in [0, 0.05) is 36.9 Å². The summed E-state index contributed by atoms with van der Waals surface area (Å²) in [7, 11) is 0. The average molecular weight is 616 g/mol. The molecule has 12 heteroatoms. The lowest BCUT2D eigenvalue weighted by molar-refractivity contribution is -0.123. The topological polar surface area (TPSA) is 142 Å². The maximum absolute atomic E-state index is 13.6. The van der Waals surface area contributed by atoms with Crippen LogP contribution < -0.4 is 16.0 Å². The number of nitrogens with zero attached hydrogens (tertiary/aromatic N) is 4. The molecule has 4 aromatic rings. The fraction of sp³-hybridized carbons (Fsp3) is 0.375. The quantitative estimate of drug-likeness (QED) is 0.306. The van der Waals surface area contributed by atoms with Gasteiger partial charge in [-0.25, -0.2) is 9.97 Å². The van der Waals surface area contributed by atoms with Gasteiger partial charge >= 0.3 is 0 Å². The van der Waals surface area contributed by atoms with E-state index in [0.29, 0.717) is 30.3 Å². The summed E-state index contributed by atoms with van der Waals surface area (Å²) in [5, 5.41) is 11.4. The first kappa shape index (κ1) is 31.0. The fourth-order valence-electron chi connectivity index (χ4n) is 5.18. The number of pyridine rings is 1. The normalized spacial score (nSPS) is 20.4. The number of oxazole rings is 1. The number of nitrogens with one attached hydrogen (secondary N) is 3. The number of amides is 3. The predicted octanol–water partition coefficient (Wildman–Crippen LogP) is 4.00. The third-order valence-corrected chi connectivity index (χ3v) is 8.41. The van der Waals surface area contributed by atoms with Crippen LogP contribution in [0.3, 0.4) is 0 Å². The number of carbonyl (C=O) groups excluding carboxylic acids is 3. The van der Waals surface area contributed by atoms with Crippen LogP contribution in [0.5, 0.6) is 0 Å². The van der Waals surface area contributed by atoms with Gasteiger partial charge in [-0.1, -0.05) is 50.2 Å². The highest BCUT2D eigenvalue weighted by atomic mass is 32.1. The molecule has 3 aromatic heterocycles. The lowest BCUT2D eigenvalue weighted by atomic mass is 10.0. The number of rotatable bonds is 5. The van der Waals surface area contributed by atoms with Crippen molar-refractivity contribution < 1.29 is 18.8 Å². The third-order valence-electron chi connectivity index (χ3n) is 7.38. The average Bonchev–Trinajstić information content (AvgIpc) is 3.64. The number of thiazole rings is 1. The van der Waals surface area contributed by atoms with Crippen LogP contribution in [-0.2, 0) is 17.8 Å². The zero-order valence-corrected chi connectivity index (χ0v) is 26.1. The first-order valence-electron chi connectivity index (χ1n) is 14.6. The summed E-state index contributed by atoms with van der Waals surface area (Å²) in [6.45, 7) is 8.26. The van der Waals surface area contributed by atoms with Gasteiger partial charge in [-0.05, 0) is 43.4 Å². The molecule has 0 unspecified atom stereocenters. The van der Waals surface area contributed by atoms with Crippen molar-refractivity contribution in [1.29, 1.82) is 0 Å². The van der Waals surface area contributed by atoms with E-state index in [0.717, 1.165) is 11.1 Å². The van der Waals surface area contributed by atoms with Crippen molar-refractivity contribution in [2.24, 2.45) is 5.92 Å². The van der Waals surface area contributed by atoms with Gasteiger partial charge < -0.3 is 20.4 Å². The van der Waals surface area contributed by atoms with E-state index in [4.69, 9.17) is 4.42 Å².